The van der Waals surface area contributed by atoms with E-state index >= 15 is 0 Å². The quantitative estimate of drug-likeness (QED) is 0.871. The van der Waals surface area contributed by atoms with E-state index in [1.54, 1.807) is 11.0 Å². The Labute approximate surface area is 135 Å². The Bertz CT molecular complexity index is 614. The number of allylic oxidation sites excluding steroid dienone is 2. The minimum Gasteiger partial charge on any atom is -0.352 e. The van der Waals surface area contributed by atoms with Crippen LogP contribution in [0.25, 0.3) is 0 Å². The second kappa shape index (κ2) is 6.53. The third-order valence-electron chi connectivity index (χ3n) is 4.28. The summed E-state index contributed by atoms with van der Waals surface area (Å²) < 4.78 is 0. The zero-order chi connectivity index (χ0) is 15.5. The molecular weight excluding hydrogens is 300 g/mol. The highest BCUT2D eigenvalue weighted by atomic mass is 35.5. The molecule has 1 aromatic carbocycles. The van der Waals surface area contributed by atoms with Crippen molar-refractivity contribution in [1.82, 2.24) is 10.2 Å². The highest BCUT2D eigenvalue weighted by molar-refractivity contribution is 6.31. The molecule has 0 radical (unpaired) electrons. The van der Waals surface area contributed by atoms with Gasteiger partial charge in [0.2, 0.25) is 11.8 Å². The van der Waals surface area contributed by atoms with Gasteiger partial charge in [0, 0.05) is 30.1 Å². The molecule has 0 saturated carbocycles. The zero-order valence-corrected chi connectivity index (χ0v) is 13.1. The van der Waals surface area contributed by atoms with Crippen molar-refractivity contribution in [1.29, 1.82) is 0 Å². The lowest BCUT2D eigenvalue weighted by molar-refractivity contribution is -0.144. The smallest absolute Gasteiger partial charge is 0.247 e. The Morgan fingerprint density at radius 3 is 2.91 bits per heavy atom. The molecule has 1 N–H and O–H groups in total. The molecule has 1 saturated heterocycles. The first-order chi connectivity index (χ1) is 10.7. The van der Waals surface area contributed by atoms with Gasteiger partial charge in [-0.15, -0.1) is 0 Å². The predicted molar refractivity (Wildman–Crippen MR) is 85.4 cm³/mol. The molecule has 2 amide bonds. The first-order valence-electron chi connectivity index (χ1n) is 7.65. The summed E-state index contributed by atoms with van der Waals surface area (Å²) in [6.07, 6.45) is 6.73. The summed E-state index contributed by atoms with van der Waals surface area (Å²) >= 11 is 6.23. The van der Waals surface area contributed by atoms with Gasteiger partial charge in [-0.1, -0.05) is 42.0 Å². The molecule has 3 rings (SSSR count). The van der Waals surface area contributed by atoms with Crippen LogP contribution in [0.3, 0.4) is 0 Å². The van der Waals surface area contributed by atoms with Crippen LogP contribution in [0.15, 0.2) is 36.4 Å². The van der Waals surface area contributed by atoms with E-state index in [0.29, 0.717) is 36.0 Å². The summed E-state index contributed by atoms with van der Waals surface area (Å²) in [5.74, 6) is 0.162. The second-order valence-corrected chi connectivity index (χ2v) is 6.18. The number of piperazine rings is 1. The molecule has 0 aromatic heterocycles. The molecule has 5 heteroatoms. The Kier molecular flexibility index (Phi) is 4.48. The molecule has 1 aliphatic carbocycles. The van der Waals surface area contributed by atoms with Crippen LogP contribution in [0, 0.1) is 5.92 Å². The first kappa shape index (κ1) is 15.1. The molecule has 2 aliphatic rings. The van der Waals surface area contributed by atoms with E-state index in [0.717, 1.165) is 12.8 Å². The van der Waals surface area contributed by atoms with Gasteiger partial charge in [-0.2, -0.15) is 0 Å². The van der Waals surface area contributed by atoms with Crippen molar-refractivity contribution in [2.24, 2.45) is 5.92 Å². The van der Waals surface area contributed by atoms with Crippen LogP contribution in [-0.2, 0) is 9.59 Å². The molecule has 116 valence electrons. The number of hydrogen-bond acceptors (Lipinski definition) is 2. The minimum absolute atomic E-state index is 0.0244. The van der Waals surface area contributed by atoms with Gasteiger partial charge in [-0.3, -0.25) is 9.59 Å². The zero-order valence-electron chi connectivity index (χ0n) is 12.3. The number of amides is 2. The van der Waals surface area contributed by atoms with Crippen LogP contribution in [0.1, 0.15) is 30.9 Å². The molecule has 1 aliphatic heterocycles. The lowest BCUT2D eigenvalue weighted by Gasteiger charge is -2.36. The summed E-state index contributed by atoms with van der Waals surface area (Å²) in [7, 11) is 0. The molecule has 1 fully saturated rings. The Morgan fingerprint density at radius 1 is 1.36 bits per heavy atom. The van der Waals surface area contributed by atoms with Gasteiger partial charge in [-0.05, 0) is 24.8 Å². The largest absolute Gasteiger partial charge is 0.352 e. The number of hydrogen-bond donors (Lipinski definition) is 1. The van der Waals surface area contributed by atoms with Crippen molar-refractivity contribution >= 4 is 23.4 Å². The van der Waals surface area contributed by atoms with E-state index in [2.05, 4.69) is 17.5 Å². The average molecular weight is 319 g/mol. The van der Waals surface area contributed by atoms with E-state index in [1.165, 1.54) is 0 Å². The number of benzene rings is 1. The van der Waals surface area contributed by atoms with Gasteiger partial charge >= 0.3 is 0 Å². The number of halogens is 1. The third-order valence-corrected chi connectivity index (χ3v) is 4.63. The molecule has 1 aromatic rings. The lowest BCUT2D eigenvalue weighted by atomic mass is 9.99. The van der Waals surface area contributed by atoms with Crippen LogP contribution in [0.2, 0.25) is 5.02 Å². The number of carbonyl (C=O) groups excluding carboxylic acids is 2. The molecule has 22 heavy (non-hydrogen) atoms. The fourth-order valence-electron chi connectivity index (χ4n) is 3.15. The van der Waals surface area contributed by atoms with Crippen LogP contribution < -0.4 is 5.32 Å². The fraction of sp³-hybridized carbons (Fsp3) is 0.412. The number of rotatable bonds is 3. The maximum atomic E-state index is 12.7. The Hall–Kier alpha value is -1.81. The van der Waals surface area contributed by atoms with Gasteiger partial charge in [-0.25, -0.2) is 0 Å². The number of carbonyl (C=O) groups is 2. The van der Waals surface area contributed by atoms with E-state index < -0.39 is 6.04 Å². The topological polar surface area (TPSA) is 49.4 Å². The summed E-state index contributed by atoms with van der Waals surface area (Å²) in [5, 5.41) is 3.35. The van der Waals surface area contributed by atoms with E-state index in [9.17, 15) is 9.59 Å². The minimum atomic E-state index is -0.625. The van der Waals surface area contributed by atoms with Crippen LogP contribution >= 0.6 is 11.6 Å². The maximum absolute atomic E-state index is 12.7. The Morgan fingerprint density at radius 2 is 2.18 bits per heavy atom. The van der Waals surface area contributed by atoms with Gasteiger partial charge in [0.25, 0.3) is 0 Å². The van der Waals surface area contributed by atoms with Crippen LogP contribution in [0.4, 0.5) is 0 Å². The van der Waals surface area contributed by atoms with Gasteiger partial charge < -0.3 is 10.2 Å². The summed E-state index contributed by atoms with van der Waals surface area (Å²) in [6.45, 7) is 1.02. The molecule has 1 heterocycles. The highest BCUT2D eigenvalue weighted by Crippen LogP contribution is 2.31. The number of nitrogens with one attached hydrogen (secondary N) is 1. The van der Waals surface area contributed by atoms with E-state index in [-0.39, 0.29) is 11.8 Å². The van der Waals surface area contributed by atoms with Crippen molar-refractivity contribution in [3.63, 3.8) is 0 Å². The van der Waals surface area contributed by atoms with Crippen LogP contribution in [0.5, 0.6) is 0 Å². The van der Waals surface area contributed by atoms with Gasteiger partial charge in [0.15, 0.2) is 0 Å². The molecule has 0 bridgehead atoms. The summed E-state index contributed by atoms with van der Waals surface area (Å²) in [4.78, 5) is 26.7. The second-order valence-electron chi connectivity index (χ2n) is 5.77. The van der Waals surface area contributed by atoms with Gasteiger partial charge in [0.1, 0.15) is 6.04 Å². The monoisotopic (exact) mass is 318 g/mol. The molecule has 4 nitrogen and oxygen atoms in total. The molecule has 0 unspecified atom stereocenters. The molecule has 0 spiro atoms. The fourth-order valence-corrected chi connectivity index (χ4v) is 3.39. The SMILES string of the molecule is O=C1NCCN(C(=O)C[C@H]2C=CCC2)[C@H]1c1ccccc1Cl. The maximum Gasteiger partial charge on any atom is 0.247 e. The standard InChI is InChI=1S/C17H19ClN2O2/c18-14-8-4-3-7-13(14)16-17(22)19-9-10-20(16)15(21)11-12-5-1-2-6-12/h1,3-5,7-8,12,16H,2,6,9-11H2,(H,19,22)/t12-,16-/m0/s1. The third kappa shape index (κ3) is 3.02. The average Bonchev–Trinajstić information content (AvgIpc) is 3.01. The Balaban J connectivity index is 1.83. The molecule has 2 atom stereocenters. The lowest BCUT2D eigenvalue weighted by Crippen LogP contribution is -2.52. The van der Waals surface area contributed by atoms with Crippen molar-refractivity contribution in [2.75, 3.05) is 13.1 Å². The predicted octanol–water partition coefficient (Wildman–Crippen LogP) is 2.70. The van der Waals surface area contributed by atoms with E-state index in [1.807, 2.05) is 18.2 Å². The van der Waals surface area contributed by atoms with Crippen molar-refractivity contribution < 1.29 is 9.59 Å². The normalized spacial score (nSPS) is 24.4. The highest BCUT2D eigenvalue weighted by Gasteiger charge is 2.35. The van der Waals surface area contributed by atoms with E-state index in [4.69, 9.17) is 11.6 Å². The van der Waals surface area contributed by atoms with Crippen molar-refractivity contribution in [2.45, 2.75) is 25.3 Å². The first-order valence-corrected chi connectivity index (χ1v) is 8.03. The molecular formula is C17H19ClN2O2. The summed E-state index contributed by atoms with van der Waals surface area (Å²) in [6, 6.07) is 6.60. The number of nitrogens with zero attached hydrogens (tertiary/aromatic N) is 1. The van der Waals surface area contributed by atoms with Crippen molar-refractivity contribution in [3.8, 4) is 0 Å². The van der Waals surface area contributed by atoms with Gasteiger partial charge in [0.05, 0.1) is 0 Å². The van der Waals surface area contributed by atoms with Crippen LogP contribution in [-0.4, -0.2) is 29.8 Å². The van der Waals surface area contributed by atoms with Crippen molar-refractivity contribution in [3.05, 3.63) is 47.0 Å². The summed E-state index contributed by atoms with van der Waals surface area (Å²) in [5.41, 5.74) is 0.691.